The average molecular weight is 373 g/mol. The maximum absolute atomic E-state index is 12.5. The summed E-state index contributed by atoms with van der Waals surface area (Å²) in [5.41, 5.74) is 3.16. The van der Waals surface area contributed by atoms with E-state index in [-0.39, 0.29) is 5.91 Å². The quantitative estimate of drug-likeness (QED) is 0.645. The molecule has 3 heterocycles. The zero-order valence-electron chi connectivity index (χ0n) is 15.7. The molecule has 6 heteroatoms. The lowest BCUT2D eigenvalue weighted by atomic mass is 10.2. The van der Waals surface area contributed by atoms with Crippen molar-refractivity contribution in [3.63, 3.8) is 0 Å². The fourth-order valence-corrected chi connectivity index (χ4v) is 3.29. The molecule has 1 aliphatic rings. The van der Waals surface area contributed by atoms with E-state index in [9.17, 15) is 4.79 Å². The highest BCUT2D eigenvalue weighted by atomic mass is 16.2. The van der Waals surface area contributed by atoms with Crippen LogP contribution in [-0.4, -0.2) is 56.7 Å². The molecule has 1 fully saturated rings. The number of para-hydroxylation sites is 1. The maximum atomic E-state index is 12.5. The van der Waals surface area contributed by atoms with Crippen LogP contribution in [0.1, 0.15) is 11.1 Å². The molecule has 0 aliphatic carbocycles. The van der Waals surface area contributed by atoms with Gasteiger partial charge in [0, 0.05) is 63.0 Å². The second kappa shape index (κ2) is 8.63. The summed E-state index contributed by atoms with van der Waals surface area (Å²) in [7, 11) is 0. The SMILES string of the molecule is O=C(/C=C/c1cnn(-c2ccccc2)c1)N1CCN(Cc2ccncc2)CC1. The molecule has 0 spiro atoms. The second-order valence-corrected chi connectivity index (χ2v) is 6.84. The molecule has 0 bridgehead atoms. The van der Waals surface area contributed by atoms with E-state index in [0.717, 1.165) is 44.0 Å². The van der Waals surface area contributed by atoms with Gasteiger partial charge in [0.25, 0.3) is 0 Å². The van der Waals surface area contributed by atoms with Gasteiger partial charge in [-0.3, -0.25) is 14.7 Å². The largest absolute Gasteiger partial charge is 0.337 e. The third-order valence-electron chi connectivity index (χ3n) is 4.88. The fraction of sp³-hybridized carbons (Fsp3) is 0.227. The Bertz CT molecular complexity index is 928. The smallest absolute Gasteiger partial charge is 0.246 e. The van der Waals surface area contributed by atoms with Crippen molar-refractivity contribution in [2.24, 2.45) is 0 Å². The number of benzene rings is 1. The van der Waals surface area contributed by atoms with E-state index in [0.29, 0.717) is 0 Å². The lowest BCUT2D eigenvalue weighted by Gasteiger charge is -2.34. The summed E-state index contributed by atoms with van der Waals surface area (Å²) in [5.74, 6) is 0.0519. The molecule has 1 amide bonds. The van der Waals surface area contributed by atoms with Gasteiger partial charge in [-0.25, -0.2) is 4.68 Å². The van der Waals surface area contributed by atoms with Gasteiger partial charge in [0.15, 0.2) is 0 Å². The summed E-state index contributed by atoms with van der Waals surface area (Å²) in [6.07, 6.45) is 10.8. The van der Waals surface area contributed by atoms with E-state index < -0.39 is 0 Å². The number of rotatable bonds is 5. The lowest BCUT2D eigenvalue weighted by molar-refractivity contribution is -0.127. The number of hydrogen-bond acceptors (Lipinski definition) is 4. The standard InChI is InChI=1S/C22H23N5O/c28-22(7-6-20-16-24-27(18-20)21-4-2-1-3-5-21)26-14-12-25(13-15-26)17-19-8-10-23-11-9-19/h1-11,16,18H,12-15,17H2/b7-6+. The van der Waals surface area contributed by atoms with Gasteiger partial charge in [0.05, 0.1) is 11.9 Å². The van der Waals surface area contributed by atoms with Crippen LogP contribution in [0, 0.1) is 0 Å². The van der Waals surface area contributed by atoms with E-state index in [4.69, 9.17) is 0 Å². The van der Waals surface area contributed by atoms with Gasteiger partial charge >= 0.3 is 0 Å². The van der Waals surface area contributed by atoms with Crippen molar-refractivity contribution < 1.29 is 4.79 Å². The molecule has 2 aromatic heterocycles. The third-order valence-corrected chi connectivity index (χ3v) is 4.88. The van der Waals surface area contributed by atoms with E-state index in [1.54, 1.807) is 12.3 Å². The molecular formula is C22H23N5O. The minimum Gasteiger partial charge on any atom is -0.337 e. The van der Waals surface area contributed by atoms with Gasteiger partial charge in [-0.1, -0.05) is 18.2 Å². The number of pyridine rings is 1. The minimum atomic E-state index is 0.0519. The van der Waals surface area contributed by atoms with Crippen LogP contribution in [0.2, 0.25) is 0 Å². The predicted molar refractivity (Wildman–Crippen MR) is 109 cm³/mol. The second-order valence-electron chi connectivity index (χ2n) is 6.84. The van der Waals surface area contributed by atoms with E-state index >= 15 is 0 Å². The number of amides is 1. The Hall–Kier alpha value is -3.25. The first-order chi connectivity index (χ1) is 13.8. The lowest BCUT2D eigenvalue weighted by Crippen LogP contribution is -2.47. The van der Waals surface area contributed by atoms with E-state index in [2.05, 4.69) is 15.0 Å². The molecule has 4 rings (SSSR count). The molecule has 1 saturated heterocycles. The summed E-state index contributed by atoms with van der Waals surface area (Å²) in [6, 6.07) is 14.0. The summed E-state index contributed by atoms with van der Waals surface area (Å²) in [5, 5.41) is 4.36. The average Bonchev–Trinajstić information content (AvgIpc) is 3.23. The number of hydrogen-bond donors (Lipinski definition) is 0. The Morgan fingerprint density at radius 2 is 1.75 bits per heavy atom. The van der Waals surface area contributed by atoms with E-state index in [1.165, 1.54) is 5.56 Å². The first kappa shape index (κ1) is 18.1. The molecule has 1 aliphatic heterocycles. The Balaban J connectivity index is 1.29. The highest BCUT2D eigenvalue weighted by molar-refractivity contribution is 5.91. The van der Waals surface area contributed by atoms with Gasteiger partial charge in [-0.05, 0) is 35.9 Å². The third kappa shape index (κ3) is 4.53. The molecule has 28 heavy (non-hydrogen) atoms. The number of piperazine rings is 1. The van der Waals surface area contributed by atoms with Crippen molar-refractivity contribution >= 4 is 12.0 Å². The maximum Gasteiger partial charge on any atom is 0.246 e. The van der Waals surface area contributed by atoms with Crippen molar-refractivity contribution in [1.29, 1.82) is 0 Å². The summed E-state index contributed by atoms with van der Waals surface area (Å²) in [6.45, 7) is 4.16. The van der Waals surface area contributed by atoms with Gasteiger partial charge in [-0.2, -0.15) is 5.10 Å². The molecule has 142 valence electrons. The zero-order valence-corrected chi connectivity index (χ0v) is 15.7. The van der Waals surface area contributed by atoms with Gasteiger partial charge in [-0.15, -0.1) is 0 Å². The van der Waals surface area contributed by atoms with Crippen LogP contribution in [0.15, 0.2) is 73.3 Å². The van der Waals surface area contributed by atoms with Crippen molar-refractivity contribution in [3.05, 3.63) is 84.5 Å². The monoisotopic (exact) mass is 373 g/mol. The van der Waals surface area contributed by atoms with E-state index in [1.807, 2.05) is 76.7 Å². The first-order valence-corrected chi connectivity index (χ1v) is 9.46. The minimum absolute atomic E-state index is 0.0519. The molecule has 1 aromatic carbocycles. The molecule has 0 saturated carbocycles. The van der Waals surface area contributed by atoms with Crippen molar-refractivity contribution in [3.8, 4) is 5.69 Å². The zero-order chi connectivity index (χ0) is 19.2. The Kier molecular flexibility index (Phi) is 5.58. The van der Waals surface area contributed by atoms with Crippen LogP contribution >= 0.6 is 0 Å². The van der Waals surface area contributed by atoms with Crippen molar-refractivity contribution in [1.82, 2.24) is 24.6 Å². The normalized spacial score (nSPS) is 15.2. The van der Waals surface area contributed by atoms with Crippen molar-refractivity contribution in [2.45, 2.75) is 6.54 Å². The fourth-order valence-electron chi connectivity index (χ4n) is 3.29. The van der Waals surface area contributed by atoms with Gasteiger partial charge in [0.2, 0.25) is 5.91 Å². The van der Waals surface area contributed by atoms with Crippen LogP contribution in [0.4, 0.5) is 0 Å². The molecule has 0 N–H and O–H groups in total. The highest BCUT2D eigenvalue weighted by Crippen LogP contribution is 2.11. The molecule has 0 radical (unpaired) electrons. The van der Waals surface area contributed by atoms with Gasteiger partial charge in [0.1, 0.15) is 0 Å². The number of carbonyl (C=O) groups is 1. The first-order valence-electron chi connectivity index (χ1n) is 9.46. The van der Waals surface area contributed by atoms with Crippen molar-refractivity contribution in [2.75, 3.05) is 26.2 Å². The number of carbonyl (C=O) groups excluding carboxylic acids is 1. The van der Waals surface area contributed by atoms with Crippen LogP contribution in [0.5, 0.6) is 0 Å². The Morgan fingerprint density at radius 3 is 2.50 bits per heavy atom. The summed E-state index contributed by atoms with van der Waals surface area (Å²) < 4.78 is 1.81. The number of nitrogens with zero attached hydrogens (tertiary/aromatic N) is 5. The predicted octanol–water partition coefficient (Wildman–Crippen LogP) is 2.62. The highest BCUT2D eigenvalue weighted by Gasteiger charge is 2.19. The molecular weight excluding hydrogens is 350 g/mol. The van der Waals surface area contributed by atoms with Gasteiger partial charge < -0.3 is 4.90 Å². The molecule has 6 nitrogen and oxygen atoms in total. The Morgan fingerprint density at radius 1 is 1.00 bits per heavy atom. The molecule has 0 unspecified atom stereocenters. The summed E-state index contributed by atoms with van der Waals surface area (Å²) >= 11 is 0. The summed E-state index contributed by atoms with van der Waals surface area (Å²) in [4.78, 5) is 20.8. The van der Waals surface area contributed by atoms with Crippen LogP contribution in [0.25, 0.3) is 11.8 Å². The van der Waals surface area contributed by atoms with Crippen LogP contribution in [0.3, 0.4) is 0 Å². The Labute approximate surface area is 164 Å². The number of aromatic nitrogens is 3. The topological polar surface area (TPSA) is 54.3 Å². The van der Waals surface area contributed by atoms with Crippen LogP contribution < -0.4 is 0 Å². The molecule has 3 aromatic rings. The van der Waals surface area contributed by atoms with Crippen LogP contribution in [-0.2, 0) is 11.3 Å². The molecule has 0 atom stereocenters.